The number of nitrogens with zero attached hydrogens (tertiary/aromatic N) is 1. The Labute approximate surface area is 199 Å². The molecule has 0 saturated carbocycles. The Kier molecular flexibility index (Phi) is 7.28. The van der Waals surface area contributed by atoms with Gasteiger partial charge < -0.3 is 19.5 Å². The number of carbonyl (C=O) groups is 1. The Morgan fingerprint density at radius 2 is 1.74 bits per heavy atom. The molecule has 0 spiro atoms. The largest absolute Gasteiger partial charge is 0.494 e. The minimum absolute atomic E-state index is 0.138. The highest BCUT2D eigenvalue weighted by atomic mass is 16.5. The van der Waals surface area contributed by atoms with Gasteiger partial charge in [0.1, 0.15) is 5.75 Å². The van der Waals surface area contributed by atoms with Crippen LogP contribution in [0.3, 0.4) is 0 Å². The van der Waals surface area contributed by atoms with E-state index in [4.69, 9.17) is 19.2 Å². The average molecular weight is 457 g/mol. The van der Waals surface area contributed by atoms with Gasteiger partial charge in [0.25, 0.3) is 5.91 Å². The molecule has 1 heterocycles. The lowest BCUT2D eigenvalue weighted by atomic mass is 10.0. The summed E-state index contributed by atoms with van der Waals surface area (Å²) in [6.45, 7) is 3.02. The molecular formula is C28H28N2O4. The lowest BCUT2D eigenvalue weighted by Crippen LogP contribution is -2.26. The van der Waals surface area contributed by atoms with E-state index in [2.05, 4.69) is 5.32 Å². The second-order valence-electron chi connectivity index (χ2n) is 7.73. The van der Waals surface area contributed by atoms with Gasteiger partial charge in [-0.15, -0.1) is 0 Å². The molecule has 0 fully saturated rings. The number of benzene rings is 3. The molecule has 34 heavy (non-hydrogen) atoms. The quantitative estimate of drug-likeness (QED) is 0.371. The first-order valence-electron chi connectivity index (χ1n) is 11.2. The second-order valence-corrected chi connectivity index (χ2v) is 7.73. The molecule has 0 aliphatic carbocycles. The Morgan fingerprint density at radius 1 is 0.912 bits per heavy atom. The highest BCUT2D eigenvalue weighted by Crippen LogP contribution is 2.29. The summed E-state index contributed by atoms with van der Waals surface area (Å²) in [5, 5.41) is 3.87. The van der Waals surface area contributed by atoms with Crippen molar-refractivity contribution in [3.63, 3.8) is 0 Å². The lowest BCUT2D eigenvalue weighted by Gasteiger charge is -2.12. The maximum atomic E-state index is 13.2. The number of hydrogen-bond donors (Lipinski definition) is 1. The number of ether oxygens (including phenoxy) is 3. The van der Waals surface area contributed by atoms with Crippen molar-refractivity contribution >= 4 is 16.8 Å². The fourth-order valence-electron chi connectivity index (χ4n) is 3.87. The van der Waals surface area contributed by atoms with E-state index in [1.165, 1.54) is 0 Å². The maximum absolute atomic E-state index is 13.2. The number of fused-ring (bicyclic) bond motifs is 1. The maximum Gasteiger partial charge on any atom is 0.252 e. The molecule has 1 aromatic heterocycles. The van der Waals surface area contributed by atoms with Crippen molar-refractivity contribution in [2.45, 2.75) is 13.3 Å². The van der Waals surface area contributed by atoms with Gasteiger partial charge in [0.05, 0.1) is 37.6 Å². The number of pyridine rings is 1. The Bertz CT molecular complexity index is 1300. The number of rotatable bonds is 9. The molecule has 0 atom stereocenters. The van der Waals surface area contributed by atoms with E-state index in [1.54, 1.807) is 14.2 Å². The van der Waals surface area contributed by atoms with Crippen LogP contribution >= 0.6 is 0 Å². The highest BCUT2D eigenvalue weighted by molar-refractivity contribution is 6.07. The predicted octanol–water partition coefficient (Wildman–Crippen LogP) is 5.29. The topological polar surface area (TPSA) is 69.7 Å². The van der Waals surface area contributed by atoms with Crippen molar-refractivity contribution in [1.29, 1.82) is 0 Å². The van der Waals surface area contributed by atoms with Crippen molar-refractivity contribution in [1.82, 2.24) is 10.3 Å². The number of aromatic nitrogens is 1. The zero-order chi connectivity index (χ0) is 23.9. The SMILES string of the molecule is CCOc1cccc(-c2cc(C(=O)NCCc3ccc(OC)c(OC)c3)c3ccccc3n2)c1. The summed E-state index contributed by atoms with van der Waals surface area (Å²) in [6.07, 6.45) is 0.665. The summed E-state index contributed by atoms with van der Waals surface area (Å²) < 4.78 is 16.3. The third-order valence-corrected chi connectivity index (χ3v) is 5.55. The molecule has 6 heteroatoms. The van der Waals surface area contributed by atoms with Gasteiger partial charge in [-0.05, 0) is 55.3 Å². The van der Waals surface area contributed by atoms with Gasteiger partial charge >= 0.3 is 0 Å². The van der Waals surface area contributed by atoms with Crippen LogP contribution < -0.4 is 19.5 Å². The van der Waals surface area contributed by atoms with E-state index in [9.17, 15) is 4.79 Å². The van der Waals surface area contributed by atoms with Crippen molar-refractivity contribution in [3.8, 4) is 28.5 Å². The summed E-state index contributed by atoms with van der Waals surface area (Å²) in [5.41, 5.74) is 4.04. The van der Waals surface area contributed by atoms with E-state index in [0.717, 1.165) is 33.5 Å². The Morgan fingerprint density at radius 3 is 2.53 bits per heavy atom. The van der Waals surface area contributed by atoms with Crippen LogP contribution in [-0.2, 0) is 6.42 Å². The van der Waals surface area contributed by atoms with Crippen molar-refractivity contribution in [3.05, 3.63) is 83.9 Å². The van der Waals surface area contributed by atoms with E-state index in [-0.39, 0.29) is 5.91 Å². The number of hydrogen-bond acceptors (Lipinski definition) is 5. The van der Waals surface area contributed by atoms with Crippen LogP contribution in [0.4, 0.5) is 0 Å². The predicted molar refractivity (Wildman–Crippen MR) is 134 cm³/mol. The Balaban J connectivity index is 1.57. The van der Waals surface area contributed by atoms with E-state index < -0.39 is 0 Å². The molecule has 174 valence electrons. The molecule has 6 nitrogen and oxygen atoms in total. The molecule has 4 aromatic rings. The van der Waals surface area contributed by atoms with Crippen LogP contribution in [0.2, 0.25) is 0 Å². The number of amides is 1. The summed E-state index contributed by atoms with van der Waals surface area (Å²) in [4.78, 5) is 18.0. The zero-order valence-corrected chi connectivity index (χ0v) is 19.6. The summed E-state index contributed by atoms with van der Waals surface area (Å²) in [6, 6.07) is 23.1. The first-order valence-corrected chi connectivity index (χ1v) is 11.2. The van der Waals surface area contributed by atoms with Gasteiger partial charge in [0.15, 0.2) is 11.5 Å². The Hall–Kier alpha value is -4.06. The summed E-state index contributed by atoms with van der Waals surface area (Å²) in [5.74, 6) is 1.99. The molecule has 1 amide bonds. The van der Waals surface area contributed by atoms with Crippen LogP contribution in [0.5, 0.6) is 17.2 Å². The molecule has 4 rings (SSSR count). The number of nitrogens with one attached hydrogen (secondary N) is 1. The zero-order valence-electron chi connectivity index (χ0n) is 19.6. The molecule has 0 saturated heterocycles. The summed E-state index contributed by atoms with van der Waals surface area (Å²) in [7, 11) is 3.22. The lowest BCUT2D eigenvalue weighted by molar-refractivity contribution is 0.0955. The normalized spacial score (nSPS) is 10.7. The molecular weight excluding hydrogens is 428 g/mol. The molecule has 0 aliphatic rings. The van der Waals surface area contributed by atoms with Crippen LogP contribution in [0.25, 0.3) is 22.2 Å². The fourth-order valence-corrected chi connectivity index (χ4v) is 3.87. The standard InChI is InChI=1S/C28H28N2O4/c1-4-34-21-9-7-8-20(17-21)25-18-23(22-10-5-6-11-24(22)30-25)28(31)29-15-14-19-12-13-26(32-2)27(16-19)33-3/h5-13,16-18H,4,14-15H2,1-3H3,(H,29,31). The first-order chi connectivity index (χ1) is 16.6. The number of carbonyl (C=O) groups excluding carboxylic acids is 1. The molecule has 0 aliphatic heterocycles. The molecule has 0 bridgehead atoms. The number of para-hydroxylation sites is 1. The molecule has 1 N–H and O–H groups in total. The van der Waals surface area contributed by atoms with Gasteiger partial charge in [0, 0.05) is 17.5 Å². The van der Waals surface area contributed by atoms with Crippen molar-refractivity contribution in [2.75, 3.05) is 27.4 Å². The molecule has 0 unspecified atom stereocenters. The van der Waals surface area contributed by atoms with Gasteiger partial charge in [-0.2, -0.15) is 0 Å². The fraction of sp³-hybridized carbons (Fsp3) is 0.214. The van der Waals surface area contributed by atoms with Crippen LogP contribution in [-0.4, -0.2) is 38.3 Å². The third-order valence-electron chi connectivity index (χ3n) is 5.55. The summed E-state index contributed by atoms with van der Waals surface area (Å²) >= 11 is 0. The first kappa shape index (κ1) is 23.1. The van der Waals surface area contributed by atoms with Gasteiger partial charge in [0.2, 0.25) is 0 Å². The minimum Gasteiger partial charge on any atom is -0.494 e. The average Bonchev–Trinajstić information content (AvgIpc) is 2.88. The van der Waals surface area contributed by atoms with Crippen LogP contribution in [0, 0.1) is 0 Å². The van der Waals surface area contributed by atoms with E-state index in [1.807, 2.05) is 79.7 Å². The van der Waals surface area contributed by atoms with Gasteiger partial charge in [-0.25, -0.2) is 4.98 Å². The number of methoxy groups -OCH3 is 2. The molecule has 3 aromatic carbocycles. The highest BCUT2D eigenvalue weighted by Gasteiger charge is 2.14. The van der Waals surface area contributed by atoms with Gasteiger partial charge in [-0.3, -0.25) is 4.79 Å². The van der Waals surface area contributed by atoms with E-state index in [0.29, 0.717) is 36.6 Å². The van der Waals surface area contributed by atoms with Crippen LogP contribution in [0.1, 0.15) is 22.8 Å². The minimum atomic E-state index is -0.138. The van der Waals surface area contributed by atoms with Gasteiger partial charge in [-0.1, -0.05) is 36.4 Å². The third kappa shape index (κ3) is 5.12. The smallest absolute Gasteiger partial charge is 0.252 e. The second kappa shape index (κ2) is 10.7. The van der Waals surface area contributed by atoms with Crippen LogP contribution in [0.15, 0.2) is 72.8 Å². The van der Waals surface area contributed by atoms with Crippen molar-refractivity contribution < 1.29 is 19.0 Å². The molecule has 0 radical (unpaired) electrons. The monoisotopic (exact) mass is 456 g/mol. The van der Waals surface area contributed by atoms with E-state index >= 15 is 0 Å². The van der Waals surface area contributed by atoms with Crippen molar-refractivity contribution in [2.24, 2.45) is 0 Å².